The highest BCUT2D eigenvalue weighted by Gasteiger charge is 2.35. The van der Waals surface area contributed by atoms with Gasteiger partial charge >= 0.3 is 0 Å². The van der Waals surface area contributed by atoms with Crippen LogP contribution < -0.4 is 15.4 Å². The summed E-state index contributed by atoms with van der Waals surface area (Å²) < 4.78 is 6.12. The number of piperidine rings is 1. The second-order valence-electron chi connectivity index (χ2n) is 9.78. The first-order valence-electron chi connectivity index (χ1n) is 12.7. The molecule has 6 heteroatoms. The minimum Gasteiger partial charge on any atom is -0.474 e. The molecule has 0 spiro atoms. The Morgan fingerprint density at radius 3 is 2.44 bits per heavy atom. The van der Waals surface area contributed by atoms with Gasteiger partial charge in [0.25, 0.3) is 5.91 Å². The molecule has 1 amide bonds. The molecule has 2 aliphatic heterocycles. The van der Waals surface area contributed by atoms with E-state index in [1.165, 1.54) is 38.6 Å². The Kier molecular flexibility index (Phi) is 7.88. The third-order valence-corrected chi connectivity index (χ3v) is 7.32. The van der Waals surface area contributed by atoms with Crippen LogP contribution in [0.5, 0.6) is 5.75 Å². The average molecular weight is 463 g/mol. The van der Waals surface area contributed by atoms with E-state index in [0.717, 1.165) is 24.1 Å². The predicted octanol–water partition coefficient (Wildman–Crippen LogP) is 5.26. The first-order valence-corrected chi connectivity index (χ1v) is 12.7. The first-order chi connectivity index (χ1) is 16.5. The van der Waals surface area contributed by atoms with E-state index in [0.29, 0.717) is 29.9 Å². The summed E-state index contributed by atoms with van der Waals surface area (Å²) in [6, 6.07) is 16.4. The van der Waals surface area contributed by atoms with Gasteiger partial charge in [0.05, 0.1) is 5.69 Å². The van der Waals surface area contributed by atoms with E-state index >= 15 is 0 Å². The molecule has 1 fully saturated rings. The van der Waals surface area contributed by atoms with E-state index in [-0.39, 0.29) is 11.7 Å². The number of nitrogens with two attached hydrogens (primary N) is 1. The van der Waals surface area contributed by atoms with Crippen LogP contribution in [0.25, 0.3) is 0 Å². The summed E-state index contributed by atoms with van der Waals surface area (Å²) in [5.41, 5.74) is 7.82. The van der Waals surface area contributed by atoms with Gasteiger partial charge in [0, 0.05) is 29.8 Å². The second-order valence-corrected chi connectivity index (χ2v) is 9.78. The number of likely N-dealkylation sites (tertiary alicyclic amines) is 1. The molecule has 0 aliphatic carbocycles. The Labute approximate surface area is 203 Å². The van der Waals surface area contributed by atoms with Crippen LogP contribution >= 0.6 is 0 Å². The SMILES string of the molecule is CC1CCCC(C)N1CCCCCCN1C(=O)C(c2cccc(C(=N)N)c2)Oc2ccccc21. The van der Waals surface area contributed by atoms with Crippen molar-refractivity contribution in [2.45, 2.75) is 77.0 Å². The average Bonchev–Trinajstić information content (AvgIpc) is 2.83. The molecule has 6 nitrogen and oxygen atoms in total. The van der Waals surface area contributed by atoms with Gasteiger partial charge < -0.3 is 15.4 Å². The van der Waals surface area contributed by atoms with Gasteiger partial charge in [0.15, 0.2) is 0 Å². The van der Waals surface area contributed by atoms with E-state index in [9.17, 15) is 4.79 Å². The molecule has 3 atom stereocenters. The zero-order valence-corrected chi connectivity index (χ0v) is 20.5. The van der Waals surface area contributed by atoms with Crippen molar-refractivity contribution in [3.8, 4) is 5.75 Å². The van der Waals surface area contributed by atoms with Gasteiger partial charge in [0.2, 0.25) is 6.10 Å². The molecule has 4 rings (SSSR count). The van der Waals surface area contributed by atoms with Crippen molar-refractivity contribution < 1.29 is 9.53 Å². The molecule has 3 N–H and O–H groups in total. The highest BCUT2D eigenvalue weighted by atomic mass is 16.5. The van der Waals surface area contributed by atoms with Crippen LogP contribution in [0.2, 0.25) is 0 Å². The zero-order chi connectivity index (χ0) is 24.1. The summed E-state index contributed by atoms with van der Waals surface area (Å²) >= 11 is 0. The predicted molar refractivity (Wildman–Crippen MR) is 138 cm³/mol. The molecule has 2 aliphatic rings. The molecule has 2 heterocycles. The van der Waals surface area contributed by atoms with Crippen molar-refractivity contribution >= 4 is 17.4 Å². The molecule has 0 aromatic heterocycles. The van der Waals surface area contributed by atoms with Gasteiger partial charge in [-0.1, -0.05) is 49.6 Å². The van der Waals surface area contributed by atoms with Crippen molar-refractivity contribution in [2.24, 2.45) is 5.73 Å². The van der Waals surface area contributed by atoms with Crippen molar-refractivity contribution in [3.63, 3.8) is 0 Å². The fourth-order valence-corrected chi connectivity index (χ4v) is 5.36. The summed E-state index contributed by atoms with van der Waals surface area (Å²) in [5.74, 6) is 0.638. The minimum atomic E-state index is -0.726. The second kappa shape index (κ2) is 11.0. The van der Waals surface area contributed by atoms with Crippen LogP contribution in [0.1, 0.15) is 76.0 Å². The van der Waals surface area contributed by atoms with Gasteiger partial charge in [-0.05, 0) is 64.3 Å². The number of hydrogen-bond acceptors (Lipinski definition) is 4. The fourth-order valence-electron chi connectivity index (χ4n) is 5.36. The Morgan fingerprint density at radius 2 is 1.71 bits per heavy atom. The molecule has 0 bridgehead atoms. The number of carbonyl (C=O) groups is 1. The Hall–Kier alpha value is -2.86. The largest absolute Gasteiger partial charge is 0.474 e. The number of nitrogens with zero attached hydrogens (tertiary/aromatic N) is 2. The number of carbonyl (C=O) groups excluding carboxylic acids is 1. The fraction of sp³-hybridized carbons (Fsp3) is 0.500. The first kappa shape index (κ1) is 24.3. The number of ether oxygens (including phenoxy) is 1. The molecular weight excluding hydrogens is 424 g/mol. The summed E-state index contributed by atoms with van der Waals surface area (Å²) in [5, 5.41) is 7.73. The maximum absolute atomic E-state index is 13.5. The van der Waals surface area contributed by atoms with Crippen LogP contribution in [0.15, 0.2) is 48.5 Å². The maximum Gasteiger partial charge on any atom is 0.272 e. The number of amides is 1. The van der Waals surface area contributed by atoms with Crippen molar-refractivity contribution in [1.82, 2.24) is 4.90 Å². The van der Waals surface area contributed by atoms with Gasteiger partial charge in [-0.15, -0.1) is 0 Å². The molecule has 2 aromatic rings. The number of nitrogens with one attached hydrogen (secondary N) is 1. The van der Waals surface area contributed by atoms with Gasteiger partial charge in [-0.2, -0.15) is 0 Å². The lowest BCUT2D eigenvalue weighted by atomic mass is 9.97. The van der Waals surface area contributed by atoms with Crippen LogP contribution in [0.4, 0.5) is 5.69 Å². The van der Waals surface area contributed by atoms with Gasteiger partial charge in [0.1, 0.15) is 11.6 Å². The monoisotopic (exact) mass is 462 g/mol. The van der Waals surface area contributed by atoms with Crippen LogP contribution in [-0.2, 0) is 4.79 Å². The minimum absolute atomic E-state index is 0.0179. The van der Waals surface area contributed by atoms with E-state index in [4.69, 9.17) is 15.9 Å². The number of amidine groups is 1. The van der Waals surface area contributed by atoms with E-state index in [1.807, 2.05) is 41.3 Å². The molecule has 0 radical (unpaired) electrons. The Balaban J connectivity index is 1.36. The molecule has 0 saturated carbocycles. The number of fused-ring (bicyclic) bond motifs is 1. The smallest absolute Gasteiger partial charge is 0.272 e. The van der Waals surface area contributed by atoms with E-state index in [2.05, 4.69) is 18.7 Å². The lowest BCUT2D eigenvalue weighted by Crippen LogP contribution is -2.44. The number of unbranched alkanes of at least 4 members (excludes halogenated alkanes) is 3. The highest BCUT2D eigenvalue weighted by Crippen LogP contribution is 2.39. The van der Waals surface area contributed by atoms with Gasteiger partial charge in [-0.3, -0.25) is 15.1 Å². The van der Waals surface area contributed by atoms with Crippen LogP contribution in [0.3, 0.4) is 0 Å². The summed E-state index contributed by atoms with van der Waals surface area (Å²) in [6.45, 7) is 6.58. The van der Waals surface area contributed by atoms with Crippen LogP contribution in [0, 0.1) is 5.41 Å². The third kappa shape index (κ3) is 5.44. The Morgan fingerprint density at radius 1 is 1.00 bits per heavy atom. The van der Waals surface area contributed by atoms with Crippen molar-refractivity contribution in [1.29, 1.82) is 5.41 Å². The normalized spacial score (nSPS) is 22.8. The molecule has 3 unspecified atom stereocenters. The molecule has 2 aromatic carbocycles. The molecule has 34 heavy (non-hydrogen) atoms. The van der Waals surface area contributed by atoms with Crippen LogP contribution in [-0.4, -0.2) is 41.8 Å². The third-order valence-electron chi connectivity index (χ3n) is 7.32. The van der Waals surface area contributed by atoms with Gasteiger partial charge in [-0.25, -0.2) is 0 Å². The maximum atomic E-state index is 13.5. The topological polar surface area (TPSA) is 82.7 Å². The Bertz CT molecular complexity index is 997. The zero-order valence-electron chi connectivity index (χ0n) is 20.5. The lowest BCUT2D eigenvalue weighted by Gasteiger charge is -2.39. The molecule has 1 saturated heterocycles. The van der Waals surface area contributed by atoms with E-state index < -0.39 is 6.10 Å². The quantitative estimate of drug-likeness (QED) is 0.302. The standard InChI is InChI=1S/C28H38N4O2/c1-20-11-9-12-21(2)31(20)17-7-3-4-8-18-32-24-15-5-6-16-25(24)34-26(28(32)33)22-13-10-14-23(19-22)27(29)30/h5-6,10,13-16,19-21,26H,3-4,7-9,11-12,17-18H2,1-2H3,(H3,29,30). The highest BCUT2D eigenvalue weighted by molar-refractivity contribution is 6.01. The number of hydrogen-bond donors (Lipinski definition) is 2. The number of para-hydroxylation sites is 2. The van der Waals surface area contributed by atoms with E-state index in [1.54, 1.807) is 12.1 Å². The summed E-state index contributed by atoms with van der Waals surface area (Å²) in [6.07, 6.45) is 7.73. The summed E-state index contributed by atoms with van der Waals surface area (Å²) in [7, 11) is 0. The van der Waals surface area contributed by atoms with Crippen molar-refractivity contribution in [2.75, 3.05) is 18.0 Å². The summed E-state index contributed by atoms with van der Waals surface area (Å²) in [4.78, 5) is 18.0. The molecular formula is C28H38N4O2. The number of rotatable bonds is 9. The molecule has 182 valence electrons. The van der Waals surface area contributed by atoms with Crippen molar-refractivity contribution in [3.05, 3.63) is 59.7 Å². The number of nitrogen functional groups attached to an aromatic ring is 1. The number of benzene rings is 2. The number of anilines is 1. The lowest BCUT2D eigenvalue weighted by molar-refractivity contribution is -0.126.